The van der Waals surface area contributed by atoms with E-state index in [2.05, 4.69) is 22.6 Å². The van der Waals surface area contributed by atoms with Crippen molar-refractivity contribution in [3.05, 3.63) is 26.8 Å². The summed E-state index contributed by atoms with van der Waals surface area (Å²) in [6.07, 6.45) is 0. The highest BCUT2D eigenvalue weighted by Gasteiger charge is 2.04. The van der Waals surface area contributed by atoms with Crippen LogP contribution in [0.25, 0.3) is 0 Å². The molecule has 0 atom stereocenters. The van der Waals surface area contributed by atoms with Crippen LogP contribution in [-0.4, -0.2) is 0 Å². The first-order valence-electron chi connectivity index (χ1n) is 3.05. The van der Waals surface area contributed by atoms with E-state index in [9.17, 15) is 5.11 Å². The van der Waals surface area contributed by atoms with Crippen molar-refractivity contribution in [2.45, 2.75) is 13.8 Å². The zero-order valence-corrected chi connectivity index (χ0v) is 8.10. The lowest BCUT2D eigenvalue weighted by Crippen LogP contribution is -1.82. The van der Waals surface area contributed by atoms with Crippen LogP contribution in [0.5, 0.6) is 5.75 Å². The first kappa shape index (κ1) is 7.85. The molecule has 0 heterocycles. The van der Waals surface area contributed by atoms with E-state index in [1.807, 2.05) is 26.0 Å². The van der Waals surface area contributed by atoms with Gasteiger partial charge in [0.05, 0.1) is 3.57 Å². The topological polar surface area (TPSA) is 19.9 Å². The largest absolute Gasteiger partial charge is 0.288 e. The van der Waals surface area contributed by atoms with Gasteiger partial charge in [0.1, 0.15) is 0 Å². The minimum Gasteiger partial charge on any atom is -0.288 e. The van der Waals surface area contributed by atoms with Crippen LogP contribution in [0, 0.1) is 17.4 Å². The Kier molecular flexibility index (Phi) is 2.18. The molecule has 0 aliphatic heterocycles. The van der Waals surface area contributed by atoms with E-state index in [-0.39, 0.29) is 5.75 Å². The summed E-state index contributed by atoms with van der Waals surface area (Å²) in [5.41, 5.74) is 1.94. The Morgan fingerprint density at radius 3 is 2.40 bits per heavy atom. The summed E-state index contributed by atoms with van der Waals surface area (Å²) in [4.78, 5) is 0. The molecule has 0 saturated carbocycles. The normalized spacial score (nSPS) is 9.90. The van der Waals surface area contributed by atoms with Crippen LogP contribution in [0.15, 0.2) is 12.1 Å². The molecule has 1 aromatic carbocycles. The number of hydrogen-bond acceptors (Lipinski definition) is 0. The maximum atomic E-state index is 11.2. The fourth-order valence-electron chi connectivity index (χ4n) is 0.757. The van der Waals surface area contributed by atoms with Gasteiger partial charge in [0.15, 0.2) is 5.75 Å². The van der Waals surface area contributed by atoms with Crippen molar-refractivity contribution < 1.29 is 5.11 Å². The second-order valence-corrected chi connectivity index (χ2v) is 3.48. The summed E-state index contributed by atoms with van der Waals surface area (Å²) in [6, 6.07) is 3.82. The average Bonchev–Trinajstić information content (AvgIpc) is 1.93. The molecule has 0 fully saturated rings. The summed E-state index contributed by atoms with van der Waals surface area (Å²) in [5.74, 6) is 0.167. The third-order valence-corrected chi connectivity index (χ3v) is 2.48. The van der Waals surface area contributed by atoms with Crippen molar-refractivity contribution in [1.29, 1.82) is 0 Å². The highest BCUT2D eigenvalue weighted by atomic mass is 127. The van der Waals surface area contributed by atoms with Crippen molar-refractivity contribution in [2.24, 2.45) is 0 Å². The molecule has 53 valence electrons. The van der Waals surface area contributed by atoms with Gasteiger partial charge in [-0.15, -0.1) is 0 Å². The van der Waals surface area contributed by atoms with Gasteiger partial charge in [-0.05, 0) is 48.1 Å². The molecule has 2 heteroatoms. The molecule has 0 unspecified atom stereocenters. The van der Waals surface area contributed by atoms with Crippen LogP contribution in [-0.2, 0) is 5.11 Å². The number of hydrogen-bond donors (Lipinski definition) is 0. The van der Waals surface area contributed by atoms with E-state index >= 15 is 0 Å². The predicted molar refractivity (Wildman–Crippen MR) is 48.8 cm³/mol. The number of halogens is 1. The van der Waals surface area contributed by atoms with Gasteiger partial charge < -0.3 is 0 Å². The highest BCUT2D eigenvalue weighted by Crippen LogP contribution is 2.26. The van der Waals surface area contributed by atoms with Crippen molar-refractivity contribution in [3.63, 3.8) is 0 Å². The molecule has 1 aromatic rings. The van der Waals surface area contributed by atoms with Crippen LogP contribution in [0.4, 0.5) is 0 Å². The van der Waals surface area contributed by atoms with E-state index in [4.69, 9.17) is 0 Å². The highest BCUT2D eigenvalue weighted by molar-refractivity contribution is 14.1. The smallest absolute Gasteiger partial charge is 0.195 e. The second-order valence-electron chi connectivity index (χ2n) is 2.32. The molecule has 1 nitrogen and oxygen atoms in total. The maximum Gasteiger partial charge on any atom is 0.195 e. The molecular formula is C8H8IO. The lowest BCUT2D eigenvalue weighted by atomic mass is 10.1. The van der Waals surface area contributed by atoms with Gasteiger partial charge >= 0.3 is 0 Å². The van der Waals surface area contributed by atoms with Gasteiger partial charge in [0.25, 0.3) is 0 Å². The molecule has 0 aliphatic carbocycles. The standard InChI is InChI=1S/C8H8IO/c1-5-3-4-7(9)8(10)6(5)2/h3-4H,1-2H3. The summed E-state index contributed by atoms with van der Waals surface area (Å²) < 4.78 is 0.806. The Bertz CT molecular complexity index is 229. The second kappa shape index (κ2) is 2.78. The zero-order chi connectivity index (χ0) is 7.72. The summed E-state index contributed by atoms with van der Waals surface area (Å²) in [5, 5.41) is 11.2. The van der Waals surface area contributed by atoms with Gasteiger partial charge in [-0.2, -0.15) is 0 Å². The first-order valence-corrected chi connectivity index (χ1v) is 4.13. The molecule has 0 bridgehead atoms. The van der Waals surface area contributed by atoms with Crippen molar-refractivity contribution in [1.82, 2.24) is 0 Å². The SMILES string of the molecule is Cc1ccc(I)c([O])c1C. The molecule has 0 aliphatic rings. The molecule has 0 amide bonds. The van der Waals surface area contributed by atoms with Crippen LogP contribution in [0.2, 0.25) is 0 Å². The lowest BCUT2D eigenvalue weighted by Gasteiger charge is -2.00. The van der Waals surface area contributed by atoms with E-state index in [1.54, 1.807) is 0 Å². The predicted octanol–water partition coefficient (Wildman–Crippen LogP) is 3.05. The molecular weight excluding hydrogens is 239 g/mol. The van der Waals surface area contributed by atoms with E-state index < -0.39 is 0 Å². The molecule has 1 rings (SSSR count). The minimum absolute atomic E-state index is 0.167. The fourth-order valence-corrected chi connectivity index (χ4v) is 1.34. The lowest BCUT2D eigenvalue weighted by molar-refractivity contribution is 0.348. The van der Waals surface area contributed by atoms with E-state index in [1.165, 1.54) is 0 Å². The van der Waals surface area contributed by atoms with E-state index in [0.717, 1.165) is 14.7 Å². The quantitative estimate of drug-likeness (QED) is 0.628. The zero-order valence-electron chi connectivity index (χ0n) is 5.94. The number of aryl methyl sites for hydroxylation is 1. The van der Waals surface area contributed by atoms with E-state index in [0.29, 0.717) is 0 Å². The minimum atomic E-state index is 0.167. The monoisotopic (exact) mass is 247 g/mol. The molecule has 10 heavy (non-hydrogen) atoms. The molecule has 0 saturated heterocycles. The first-order chi connectivity index (χ1) is 4.63. The molecule has 0 aromatic heterocycles. The van der Waals surface area contributed by atoms with Crippen molar-refractivity contribution in [2.75, 3.05) is 0 Å². The Morgan fingerprint density at radius 2 is 1.90 bits per heavy atom. The summed E-state index contributed by atoms with van der Waals surface area (Å²) in [7, 11) is 0. The summed E-state index contributed by atoms with van der Waals surface area (Å²) >= 11 is 2.05. The molecule has 1 radical (unpaired) electrons. The van der Waals surface area contributed by atoms with Gasteiger partial charge in [-0.1, -0.05) is 6.07 Å². The fraction of sp³-hybridized carbons (Fsp3) is 0.250. The van der Waals surface area contributed by atoms with Crippen molar-refractivity contribution in [3.8, 4) is 5.75 Å². The van der Waals surface area contributed by atoms with Gasteiger partial charge in [-0.25, -0.2) is 0 Å². The average molecular weight is 247 g/mol. The van der Waals surface area contributed by atoms with Crippen LogP contribution >= 0.6 is 22.6 Å². The Morgan fingerprint density at radius 1 is 1.30 bits per heavy atom. The Hall–Kier alpha value is -0.250. The van der Waals surface area contributed by atoms with Crippen LogP contribution < -0.4 is 0 Å². The number of benzene rings is 1. The molecule has 0 spiro atoms. The Balaban J connectivity index is 3.34. The number of rotatable bonds is 0. The maximum absolute atomic E-state index is 11.2. The summed E-state index contributed by atoms with van der Waals surface area (Å²) in [6.45, 7) is 3.81. The van der Waals surface area contributed by atoms with Gasteiger partial charge in [0, 0.05) is 5.56 Å². The van der Waals surface area contributed by atoms with Crippen molar-refractivity contribution >= 4 is 22.6 Å². The third-order valence-electron chi connectivity index (χ3n) is 1.63. The van der Waals surface area contributed by atoms with Gasteiger partial charge in [-0.3, -0.25) is 5.11 Å². The van der Waals surface area contributed by atoms with Crippen LogP contribution in [0.1, 0.15) is 11.1 Å². The van der Waals surface area contributed by atoms with Crippen LogP contribution in [0.3, 0.4) is 0 Å². The third kappa shape index (κ3) is 1.26. The Labute approximate surface area is 74.2 Å². The van der Waals surface area contributed by atoms with Gasteiger partial charge in [0.2, 0.25) is 0 Å². The molecule has 0 N–H and O–H groups in total.